The SMILES string of the molecule is CC(=O)Nc1ccc(S(=O)(=O)N(CC(C)C)[C@H]2CCCCN(C(=O)OC(C)(C)C)C2=O)cc1. The van der Waals surface area contributed by atoms with Crippen LogP contribution in [0.15, 0.2) is 29.2 Å². The summed E-state index contributed by atoms with van der Waals surface area (Å²) in [7, 11) is -4.05. The lowest BCUT2D eigenvalue weighted by molar-refractivity contribution is -0.134. The summed E-state index contributed by atoms with van der Waals surface area (Å²) in [6.45, 7) is 10.5. The number of nitrogens with one attached hydrogen (secondary N) is 1. The molecule has 1 fully saturated rings. The standard InChI is InChI=1S/C23H35N3O6S/c1-16(2)15-26(33(30,31)19-12-10-18(11-13-19)24-17(3)27)20-9-7-8-14-25(21(20)28)22(29)32-23(4,5)6/h10-13,16,20H,7-9,14-15H2,1-6H3,(H,24,27)/t20-/m0/s1. The summed E-state index contributed by atoms with van der Waals surface area (Å²) < 4.78 is 33.8. The maximum absolute atomic E-state index is 13.6. The van der Waals surface area contributed by atoms with Crippen LogP contribution in [0.2, 0.25) is 0 Å². The summed E-state index contributed by atoms with van der Waals surface area (Å²) in [5, 5.41) is 2.60. The molecule has 1 aliphatic heterocycles. The zero-order chi connectivity index (χ0) is 25.0. The Hall–Kier alpha value is -2.46. The number of hydrogen-bond donors (Lipinski definition) is 1. The van der Waals surface area contributed by atoms with Gasteiger partial charge in [-0.15, -0.1) is 0 Å². The zero-order valence-corrected chi connectivity index (χ0v) is 21.1. The summed E-state index contributed by atoms with van der Waals surface area (Å²) >= 11 is 0. The van der Waals surface area contributed by atoms with Gasteiger partial charge in [0, 0.05) is 25.7 Å². The van der Waals surface area contributed by atoms with Crippen LogP contribution >= 0.6 is 0 Å². The van der Waals surface area contributed by atoms with Gasteiger partial charge in [-0.2, -0.15) is 4.31 Å². The molecule has 1 aromatic carbocycles. The van der Waals surface area contributed by atoms with E-state index < -0.39 is 33.7 Å². The predicted octanol–water partition coefficient (Wildman–Crippen LogP) is 3.61. The Bertz CT molecular complexity index is 967. The van der Waals surface area contributed by atoms with Crippen LogP contribution in [0.25, 0.3) is 0 Å². The highest BCUT2D eigenvalue weighted by atomic mass is 32.2. The molecule has 0 bridgehead atoms. The van der Waals surface area contributed by atoms with Crippen LogP contribution in [0.3, 0.4) is 0 Å². The normalized spacial score (nSPS) is 17.8. The van der Waals surface area contributed by atoms with Gasteiger partial charge >= 0.3 is 6.09 Å². The van der Waals surface area contributed by atoms with E-state index >= 15 is 0 Å². The minimum absolute atomic E-state index is 0.0121. The van der Waals surface area contributed by atoms with Gasteiger partial charge in [-0.25, -0.2) is 18.1 Å². The second-order valence-electron chi connectivity index (χ2n) is 9.66. The van der Waals surface area contributed by atoms with Gasteiger partial charge in [0.15, 0.2) is 0 Å². The first-order valence-electron chi connectivity index (χ1n) is 11.2. The van der Waals surface area contributed by atoms with Gasteiger partial charge in [0.05, 0.1) is 4.90 Å². The fourth-order valence-corrected chi connectivity index (χ4v) is 5.36. The fraction of sp³-hybridized carbons (Fsp3) is 0.609. The van der Waals surface area contributed by atoms with Crippen molar-refractivity contribution in [3.05, 3.63) is 24.3 Å². The number of nitrogens with zero attached hydrogens (tertiary/aromatic N) is 2. The van der Waals surface area contributed by atoms with Gasteiger partial charge in [-0.3, -0.25) is 9.59 Å². The topological polar surface area (TPSA) is 113 Å². The Morgan fingerprint density at radius 2 is 1.79 bits per heavy atom. The average Bonchev–Trinajstić information content (AvgIpc) is 2.86. The van der Waals surface area contributed by atoms with E-state index in [1.165, 1.54) is 35.5 Å². The van der Waals surface area contributed by atoms with Gasteiger partial charge in [-0.1, -0.05) is 13.8 Å². The lowest BCUT2D eigenvalue weighted by Crippen LogP contribution is -2.53. The van der Waals surface area contributed by atoms with E-state index in [1.54, 1.807) is 20.8 Å². The third-order valence-corrected chi connectivity index (χ3v) is 6.84. The van der Waals surface area contributed by atoms with Crippen molar-refractivity contribution in [1.82, 2.24) is 9.21 Å². The molecule has 33 heavy (non-hydrogen) atoms. The van der Waals surface area contributed by atoms with E-state index in [9.17, 15) is 22.8 Å². The highest BCUT2D eigenvalue weighted by molar-refractivity contribution is 7.89. The van der Waals surface area contributed by atoms with Crippen LogP contribution in [0.1, 0.15) is 60.8 Å². The first-order valence-corrected chi connectivity index (χ1v) is 12.6. The molecule has 9 nitrogen and oxygen atoms in total. The van der Waals surface area contributed by atoms with Crippen LogP contribution in [0, 0.1) is 5.92 Å². The van der Waals surface area contributed by atoms with E-state index in [0.29, 0.717) is 24.9 Å². The van der Waals surface area contributed by atoms with Gasteiger partial charge in [0.1, 0.15) is 11.6 Å². The minimum atomic E-state index is -4.05. The highest BCUT2D eigenvalue weighted by Crippen LogP contribution is 2.27. The van der Waals surface area contributed by atoms with Crippen LogP contribution in [0.4, 0.5) is 10.5 Å². The number of benzene rings is 1. The van der Waals surface area contributed by atoms with Crippen molar-refractivity contribution in [2.24, 2.45) is 5.92 Å². The van der Waals surface area contributed by atoms with Crippen LogP contribution < -0.4 is 5.32 Å². The Morgan fingerprint density at radius 3 is 2.30 bits per heavy atom. The molecular formula is C23H35N3O6S. The third kappa shape index (κ3) is 7.26. The Kier molecular flexibility index (Phi) is 8.64. The van der Waals surface area contributed by atoms with Crippen molar-refractivity contribution in [3.8, 4) is 0 Å². The van der Waals surface area contributed by atoms with Crippen LogP contribution in [-0.4, -0.2) is 60.3 Å². The first-order chi connectivity index (χ1) is 15.2. The van der Waals surface area contributed by atoms with Gasteiger partial charge in [0.2, 0.25) is 21.8 Å². The second kappa shape index (κ2) is 10.6. The van der Waals surface area contributed by atoms with E-state index in [2.05, 4.69) is 5.32 Å². The van der Waals surface area contributed by atoms with Gasteiger partial charge in [-0.05, 0) is 70.2 Å². The summed E-state index contributed by atoms with van der Waals surface area (Å²) in [6.07, 6.45) is 0.721. The number of carbonyl (C=O) groups excluding carboxylic acids is 3. The summed E-state index contributed by atoms with van der Waals surface area (Å²) in [5.74, 6) is -0.886. The maximum Gasteiger partial charge on any atom is 0.417 e. The number of likely N-dealkylation sites (tertiary alicyclic amines) is 1. The van der Waals surface area contributed by atoms with Gasteiger partial charge < -0.3 is 10.1 Å². The smallest absolute Gasteiger partial charge is 0.417 e. The predicted molar refractivity (Wildman–Crippen MR) is 125 cm³/mol. The van der Waals surface area contributed by atoms with Crippen molar-refractivity contribution < 1.29 is 27.5 Å². The third-order valence-electron chi connectivity index (χ3n) is 4.95. The molecule has 1 aromatic rings. The number of imide groups is 1. The molecule has 1 heterocycles. The fourth-order valence-electron chi connectivity index (χ4n) is 3.59. The largest absolute Gasteiger partial charge is 0.443 e. The molecule has 1 saturated heterocycles. The average molecular weight is 482 g/mol. The molecule has 1 atom stereocenters. The molecule has 0 aromatic heterocycles. The van der Waals surface area contributed by atoms with Gasteiger partial charge in [0.25, 0.3) is 0 Å². The first kappa shape index (κ1) is 26.8. The zero-order valence-electron chi connectivity index (χ0n) is 20.3. The number of amides is 3. The molecule has 0 radical (unpaired) electrons. The van der Waals surface area contributed by atoms with Crippen molar-refractivity contribution >= 4 is 33.6 Å². The molecule has 3 amide bonds. The quantitative estimate of drug-likeness (QED) is 0.664. The molecule has 0 aliphatic carbocycles. The summed E-state index contributed by atoms with van der Waals surface area (Å²) in [4.78, 5) is 38.4. The molecular weight excluding hydrogens is 446 g/mol. The Morgan fingerprint density at radius 1 is 1.18 bits per heavy atom. The molecule has 0 spiro atoms. The van der Waals surface area contributed by atoms with E-state index in [1.807, 2.05) is 13.8 Å². The van der Waals surface area contributed by atoms with Crippen molar-refractivity contribution in [2.75, 3.05) is 18.4 Å². The van der Waals surface area contributed by atoms with E-state index in [0.717, 1.165) is 4.90 Å². The number of hydrogen-bond acceptors (Lipinski definition) is 6. The van der Waals surface area contributed by atoms with Crippen molar-refractivity contribution in [3.63, 3.8) is 0 Å². The number of carbonyl (C=O) groups is 3. The molecule has 184 valence electrons. The Balaban J connectivity index is 2.41. The number of anilines is 1. The van der Waals surface area contributed by atoms with Crippen molar-refractivity contribution in [1.29, 1.82) is 0 Å². The minimum Gasteiger partial charge on any atom is -0.443 e. The monoisotopic (exact) mass is 481 g/mol. The van der Waals surface area contributed by atoms with E-state index in [-0.39, 0.29) is 29.8 Å². The molecule has 2 rings (SSSR count). The second-order valence-corrected chi connectivity index (χ2v) is 11.5. The number of sulfonamides is 1. The molecule has 1 N–H and O–H groups in total. The van der Waals surface area contributed by atoms with E-state index in [4.69, 9.17) is 4.74 Å². The Labute approximate surface area is 196 Å². The molecule has 1 aliphatic rings. The summed E-state index contributed by atoms with van der Waals surface area (Å²) in [6, 6.07) is 4.80. The molecule has 0 unspecified atom stereocenters. The van der Waals surface area contributed by atoms with Crippen molar-refractivity contribution in [2.45, 2.75) is 77.3 Å². The van der Waals surface area contributed by atoms with Crippen LogP contribution in [0.5, 0.6) is 0 Å². The highest BCUT2D eigenvalue weighted by Gasteiger charge is 2.41. The molecule has 0 saturated carbocycles. The maximum atomic E-state index is 13.6. The summed E-state index contributed by atoms with van der Waals surface area (Å²) in [5.41, 5.74) is -0.308. The number of rotatable bonds is 6. The lowest BCUT2D eigenvalue weighted by Gasteiger charge is -2.33. The number of ether oxygens (including phenoxy) is 1. The van der Waals surface area contributed by atoms with Crippen LogP contribution in [-0.2, 0) is 24.3 Å². The lowest BCUT2D eigenvalue weighted by atomic mass is 10.1. The molecule has 10 heteroatoms.